The highest BCUT2D eigenvalue weighted by Gasteiger charge is 2.36. The van der Waals surface area contributed by atoms with E-state index in [1.807, 2.05) is 26.0 Å². The minimum Gasteiger partial charge on any atom is -0.468 e. The Morgan fingerprint density at radius 3 is 2.84 bits per heavy atom. The third-order valence-electron chi connectivity index (χ3n) is 3.79. The van der Waals surface area contributed by atoms with Crippen molar-refractivity contribution < 1.29 is 12.8 Å². The molecule has 0 spiro atoms. The van der Waals surface area contributed by atoms with Crippen LogP contribution < -0.4 is 5.73 Å². The van der Waals surface area contributed by atoms with E-state index in [-0.39, 0.29) is 29.6 Å². The molecular formula is C13H22N2O3S. The van der Waals surface area contributed by atoms with Gasteiger partial charge in [0.2, 0.25) is 0 Å². The van der Waals surface area contributed by atoms with Gasteiger partial charge >= 0.3 is 0 Å². The molecule has 1 aliphatic heterocycles. The van der Waals surface area contributed by atoms with E-state index in [0.29, 0.717) is 6.54 Å². The first-order valence-electron chi connectivity index (χ1n) is 6.69. The molecule has 108 valence electrons. The minimum atomic E-state index is -2.91. The largest absolute Gasteiger partial charge is 0.468 e. The number of rotatable bonds is 4. The van der Waals surface area contributed by atoms with E-state index < -0.39 is 9.84 Å². The van der Waals surface area contributed by atoms with Crippen LogP contribution in [-0.2, 0) is 9.84 Å². The van der Waals surface area contributed by atoms with Crippen LogP contribution in [-0.4, -0.2) is 43.5 Å². The fraction of sp³-hybridized carbons (Fsp3) is 0.692. The molecule has 0 aliphatic carbocycles. The van der Waals surface area contributed by atoms with Gasteiger partial charge in [0.05, 0.1) is 23.8 Å². The van der Waals surface area contributed by atoms with Gasteiger partial charge in [-0.15, -0.1) is 0 Å². The molecule has 0 bridgehead atoms. The van der Waals surface area contributed by atoms with Gasteiger partial charge in [0.1, 0.15) is 5.76 Å². The number of hydrogen-bond acceptors (Lipinski definition) is 5. The predicted octanol–water partition coefficient (Wildman–Crippen LogP) is 1.18. The van der Waals surface area contributed by atoms with E-state index in [4.69, 9.17) is 10.2 Å². The first kappa shape index (κ1) is 14.6. The number of furan rings is 1. The maximum absolute atomic E-state index is 11.7. The van der Waals surface area contributed by atoms with Crippen LogP contribution in [0, 0.1) is 0 Å². The second kappa shape index (κ2) is 5.64. The van der Waals surface area contributed by atoms with E-state index in [0.717, 1.165) is 12.2 Å². The normalized spacial score (nSPS) is 27.0. The molecule has 1 fully saturated rings. The van der Waals surface area contributed by atoms with Crippen molar-refractivity contribution in [3.63, 3.8) is 0 Å². The Labute approximate surface area is 114 Å². The van der Waals surface area contributed by atoms with Gasteiger partial charge in [-0.25, -0.2) is 8.42 Å². The summed E-state index contributed by atoms with van der Waals surface area (Å²) in [6.07, 6.45) is 2.46. The maximum Gasteiger partial charge on any atom is 0.153 e. The summed E-state index contributed by atoms with van der Waals surface area (Å²) in [6, 6.07) is 3.61. The lowest BCUT2D eigenvalue weighted by Crippen LogP contribution is -2.52. The summed E-state index contributed by atoms with van der Waals surface area (Å²) in [5, 5.41) is 0. The van der Waals surface area contributed by atoms with Crippen LogP contribution in [0.2, 0.25) is 0 Å². The Bertz CT molecular complexity index is 498. The molecule has 1 aliphatic rings. The van der Waals surface area contributed by atoms with Gasteiger partial charge in [-0.1, -0.05) is 6.92 Å². The molecular weight excluding hydrogens is 264 g/mol. The highest BCUT2D eigenvalue weighted by atomic mass is 32.2. The van der Waals surface area contributed by atoms with Crippen molar-refractivity contribution in [3.05, 3.63) is 24.2 Å². The van der Waals surface area contributed by atoms with Crippen molar-refractivity contribution in [3.8, 4) is 0 Å². The molecule has 0 amide bonds. The SMILES string of the molecule is CCC(N)C(c1ccco1)N1CCS(=O)(=O)CC1C. The highest BCUT2D eigenvalue weighted by molar-refractivity contribution is 7.91. The molecule has 5 nitrogen and oxygen atoms in total. The molecule has 0 saturated carbocycles. The van der Waals surface area contributed by atoms with Gasteiger partial charge < -0.3 is 10.2 Å². The van der Waals surface area contributed by atoms with Gasteiger partial charge in [0, 0.05) is 18.6 Å². The Kier molecular flexibility index (Phi) is 4.32. The lowest BCUT2D eigenvalue weighted by Gasteiger charge is -2.40. The predicted molar refractivity (Wildman–Crippen MR) is 74.5 cm³/mol. The topological polar surface area (TPSA) is 76.5 Å². The average molecular weight is 286 g/mol. The average Bonchev–Trinajstić information content (AvgIpc) is 2.84. The quantitative estimate of drug-likeness (QED) is 0.899. The van der Waals surface area contributed by atoms with Crippen LogP contribution in [0.25, 0.3) is 0 Å². The molecule has 1 aromatic rings. The second-order valence-electron chi connectivity index (χ2n) is 5.23. The fourth-order valence-corrected chi connectivity index (χ4v) is 4.31. The lowest BCUT2D eigenvalue weighted by atomic mass is 10.0. The molecule has 2 heterocycles. The van der Waals surface area contributed by atoms with Crippen molar-refractivity contribution in [1.29, 1.82) is 0 Å². The lowest BCUT2D eigenvalue weighted by molar-refractivity contribution is 0.116. The second-order valence-corrected chi connectivity index (χ2v) is 7.46. The van der Waals surface area contributed by atoms with Crippen LogP contribution >= 0.6 is 0 Å². The third kappa shape index (κ3) is 3.19. The van der Waals surface area contributed by atoms with E-state index in [2.05, 4.69) is 4.90 Å². The highest BCUT2D eigenvalue weighted by Crippen LogP contribution is 2.29. The summed E-state index contributed by atoms with van der Waals surface area (Å²) >= 11 is 0. The zero-order valence-corrected chi connectivity index (χ0v) is 12.3. The van der Waals surface area contributed by atoms with Gasteiger partial charge in [0.15, 0.2) is 9.84 Å². The fourth-order valence-electron chi connectivity index (χ4n) is 2.73. The van der Waals surface area contributed by atoms with Gasteiger partial charge in [-0.2, -0.15) is 0 Å². The molecule has 6 heteroatoms. The Balaban J connectivity index is 2.25. The van der Waals surface area contributed by atoms with E-state index in [1.54, 1.807) is 6.26 Å². The third-order valence-corrected chi connectivity index (χ3v) is 5.59. The zero-order valence-electron chi connectivity index (χ0n) is 11.5. The summed E-state index contributed by atoms with van der Waals surface area (Å²) < 4.78 is 28.8. The van der Waals surface area contributed by atoms with E-state index in [1.165, 1.54) is 0 Å². The maximum atomic E-state index is 11.7. The zero-order chi connectivity index (χ0) is 14.0. The van der Waals surface area contributed by atoms with Crippen LogP contribution in [0.5, 0.6) is 0 Å². The number of sulfone groups is 1. The van der Waals surface area contributed by atoms with Crippen molar-refractivity contribution in [2.45, 2.75) is 38.4 Å². The molecule has 3 atom stereocenters. The van der Waals surface area contributed by atoms with Crippen LogP contribution in [0.4, 0.5) is 0 Å². The van der Waals surface area contributed by atoms with Gasteiger partial charge in [-0.3, -0.25) is 4.90 Å². The monoisotopic (exact) mass is 286 g/mol. The molecule has 19 heavy (non-hydrogen) atoms. The molecule has 2 N–H and O–H groups in total. The van der Waals surface area contributed by atoms with Crippen LogP contribution in [0.15, 0.2) is 22.8 Å². The Morgan fingerprint density at radius 2 is 2.32 bits per heavy atom. The van der Waals surface area contributed by atoms with Crippen molar-refractivity contribution in [1.82, 2.24) is 4.90 Å². The standard InChI is InChI=1S/C13H22N2O3S/c1-3-11(14)13(12-5-4-7-18-12)15-6-8-19(16,17)9-10(15)2/h4-5,7,10-11,13H,3,6,8-9,14H2,1-2H3. The molecule has 3 unspecified atom stereocenters. The van der Waals surface area contributed by atoms with E-state index >= 15 is 0 Å². The number of nitrogens with zero attached hydrogens (tertiary/aromatic N) is 1. The minimum absolute atomic E-state index is 0.0357. The van der Waals surface area contributed by atoms with Crippen LogP contribution in [0.3, 0.4) is 0 Å². The van der Waals surface area contributed by atoms with Crippen molar-refractivity contribution in [2.75, 3.05) is 18.1 Å². The molecule has 0 radical (unpaired) electrons. The summed E-state index contributed by atoms with van der Waals surface area (Å²) in [7, 11) is -2.91. The summed E-state index contributed by atoms with van der Waals surface area (Å²) in [5.41, 5.74) is 6.22. The van der Waals surface area contributed by atoms with E-state index in [9.17, 15) is 8.42 Å². The van der Waals surface area contributed by atoms with Crippen molar-refractivity contribution >= 4 is 9.84 Å². The molecule has 1 saturated heterocycles. The Hall–Kier alpha value is -0.850. The summed E-state index contributed by atoms with van der Waals surface area (Å²) in [6.45, 7) is 4.49. The Morgan fingerprint density at radius 1 is 1.58 bits per heavy atom. The first-order chi connectivity index (χ1) is 8.94. The molecule has 1 aromatic heterocycles. The van der Waals surface area contributed by atoms with Crippen LogP contribution in [0.1, 0.15) is 32.1 Å². The smallest absolute Gasteiger partial charge is 0.153 e. The number of hydrogen-bond donors (Lipinski definition) is 1. The number of nitrogens with two attached hydrogens (primary N) is 1. The first-order valence-corrected chi connectivity index (χ1v) is 8.52. The molecule has 0 aromatic carbocycles. The van der Waals surface area contributed by atoms with Crippen molar-refractivity contribution in [2.24, 2.45) is 5.73 Å². The summed E-state index contributed by atoms with van der Waals surface area (Å²) in [4.78, 5) is 2.16. The van der Waals surface area contributed by atoms with Gasteiger partial charge in [-0.05, 0) is 25.5 Å². The van der Waals surface area contributed by atoms with Gasteiger partial charge in [0.25, 0.3) is 0 Å². The summed E-state index contributed by atoms with van der Waals surface area (Å²) in [5.74, 6) is 1.21. The molecule has 2 rings (SSSR count).